The molecule has 1 rings (SSSR count). The van der Waals surface area contributed by atoms with Crippen LogP contribution in [0, 0.1) is 0 Å². The standard InChI is InChI=1S/C5H6N2.C4H11N/c6-5-2-1-3-7-4-5;1-2-3-4-5/h1-4H,6H2;2-5H2,1H3. The van der Waals surface area contributed by atoms with E-state index in [0.717, 1.165) is 6.54 Å². The van der Waals surface area contributed by atoms with Crippen molar-refractivity contribution in [3.8, 4) is 0 Å². The van der Waals surface area contributed by atoms with Gasteiger partial charge in [-0.15, -0.1) is 0 Å². The monoisotopic (exact) mass is 167 g/mol. The minimum absolute atomic E-state index is 0.711. The van der Waals surface area contributed by atoms with Crippen molar-refractivity contribution in [1.29, 1.82) is 0 Å². The summed E-state index contributed by atoms with van der Waals surface area (Å²) in [6.07, 6.45) is 5.69. The van der Waals surface area contributed by atoms with Crippen molar-refractivity contribution < 1.29 is 0 Å². The van der Waals surface area contributed by atoms with Gasteiger partial charge in [0, 0.05) is 12.4 Å². The Morgan fingerprint density at radius 2 is 2.25 bits per heavy atom. The number of pyridine rings is 1. The first kappa shape index (κ1) is 10.9. The summed E-state index contributed by atoms with van der Waals surface area (Å²) in [4.78, 5) is 3.76. The van der Waals surface area contributed by atoms with E-state index in [1.54, 1.807) is 24.5 Å². The van der Waals surface area contributed by atoms with Crippen molar-refractivity contribution in [3.63, 3.8) is 0 Å². The fraction of sp³-hybridized carbons (Fsp3) is 0.444. The summed E-state index contributed by atoms with van der Waals surface area (Å²) in [6, 6.07) is 3.60. The zero-order valence-corrected chi connectivity index (χ0v) is 7.53. The Hall–Kier alpha value is -1.09. The van der Waals surface area contributed by atoms with Crippen LogP contribution >= 0.6 is 0 Å². The van der Waals surface area contributed by atoms with E-state index in [0.29, 0.717) is 5.69 Å². The lowest BCUT2D eigenvalue weighted by Crippen LogP contribution is -1.95. The molecule has 0 bridgehead atoms. The fourth-order valence-electron chi connectivity index (χ4n) is 0.580. The van der Waals surface area contributed by atoms with Gasteiger partial charge in [0.25, 0.3) is 0 Å². The molecular weight excluding hydrogens is 150 g/mol. The minimum Gasteiger partial charge on any atom is -0.397 e. The molecule has 1 heterocycles. The number of rotatable bonds is 2. The molecule has 0 unspecified atom stereocenters. The van der Waals surface area contributed by atoms with Crippen molar-refractivity contribution in [1.82, 2.24) is 4.98 Å². The van der Waals surface area contributed by atoms with E-state index < -0.39 is 0 Å². The highest BCUT2D eigenvalue weighted by atomic mass is 14.7. The lowest BCUT2D eigenvalue weighted by Gasteiger charge is -1.83. The Morgan fingerprint density at radius 3 is 2.42 bits per heavy atom. The number of nitrogens with zero attached hydrogens (tertiary/aromatic N) is 1. The first-order valence-electron chi connectivity index (χ1n) is 4.16. The number of hydrogen-bond acceptors (Lipinski definition) is 3. The minimum atomic E-state index is 0.711. The maximum absolute atomic E-state index is 5.30. The van der Waals surface area contributed by atoms with Crippen LogP contribution in [0.2, 0.25) is 0 Å². The molecule has 0 aromatic carbocycles. The van der Waals surface area contributed by atoms with E-state index in [-0.39, 0.29) is 0 Å². The molecule has 0 spiro atoms. The van der Waals surface area contributed by atoms with Crippen LogP contribution in [0.15, 0.2) is 24.5 Å². The third-order valence-electron chi connectivity index (χ3n) is 1.24. The number of nitrogens with two attached hydrogens (primary N) is 2. The molecule has 1 aromatic heterocycles. The molecule has 0 aliphatic rings. The molecule has 0 saturated heterocycles. The number of unbranched alkanes of at least 4 members (excludes halogenated alkanes) is 1. The summed E-state index contributed by atoms with van der Waals surface area (Å²) in [5.74, 6) is 0. The quantitative estimate of drug-likeness (QED) is 0.700. The third-order valence-corrected chi connectivity index (χ3v) is 1.24. The second kappa shape index (κ2) is 8.01. The van der Waals surface area contributed by atoms with Gasteiger partial charge in [-0.2, -0.15) is 0 Å². The van der Waals surface area contributed by atoms with Gasteiger partial charge in [0.2, 0.25) is 0 Å². The first-order chi connectivity index (χ1) is 5.81. The van der Waals surface area contributed by atoms with Crippen LogP contribution in [0.1, 0.15) is 19.8 Å². The molecular formula is C9H17N3. The Balaban J connectivity index is 0.000000217. The molecule has 0 fully saturated rings. The van der Waals surface area contributed by atoms with E-state index in [9.17, 15) is 0 Å². The van der Waals surface area contributed by atoms with Crippen molar-refractivity contribution in [2.24, 2.45) is 5.73 Å². The van der Waals surface area contributed by atoms with E-state index in [4.69, 9.17) is 11.5 Å². The van der Waals surface area contributed by atoms with Gasteiger partial charge in [0.05, 0.1) is 5.69 Å². The van der Waals surface area contributed by atoms with Gasteiger partial charge in [-0.3, -0.25) is 4.98 Å². The van der Waals surface area contributed by atoms with Crippen LogP contribution in [-0.4, -0.2) is 11.5 Å². The van der Waals surface area contributed by atoms with Crippen LogP contribution in [0.4, 0.5) is 5.69 Å². The van der Waals surface area contributed by atoms with Gasteiger partial charge < -0.3 is 11.5 Å². The molecule has 0 radical (unpaired) electrons. The van der Waals surface area contributed by atoms with Gasteiger partial charge in [-0.1, -0.05) is 13.3 Å². The zero-order chi connectivity index (χ0) is 9.23. The summed E-state index contributed by atoms with van der Waals surface area (Å²) >= 11 is 0. The molecule has 12 heavy (non-hydrogen) atoms. The lowest BCUT2D eigenvalue weighted by molar-refractivity contribution is 0.807. The maximum atomic E-state index is 5.30. The number of nitrogen functional groups attached to an aromatic ring is 1. The summed E-state index contributed by atoms with van der Waals surface area (Å²) in [5, 5.41) is 0. The summed E-state index contributed by atoms with van der Waals surface area (Å²) < 4.78 is 0. The summed E-state index contributed by atoms with van der Waals surface area (Å²) in [5.41, 5.74) is 11.1. The first-order valence-corrected chi connectivity index (χ1v) is 4.16. The number of hydrogen-bond donors (Lipinski definition) is 2. The summed E-state index contributed by atoms with van der Waals surface area (Å²) in [6.45, 7) is 2.98. The van der Waals surface area contributed by atoms with Crippen molar-refractivity contribution >= 4 is 5.69 Å². The Labute approximate surface area is 73.8 Å². The smallest absolute Gasteiger partial charge is 0.0500 e. The molecule has 0 aliphatic carbocycles. The Bertz CT molecular complexity index is 172. The molecule has 0 aliphatic heterocycles. The molecule has 1 aromatic rings. The van der Waals surface area contributed by atoms with Crippen molar-refractivity contribution in [3.05, 3.63) is 24.5 Å². The Morgan fingerprint density at radius 1 is 1.50 bits per heavy atom. The van der Waals surface area contributed by atoms with Crippen LogP contribution in [-0.2, 0) is 0 Å². The molecule has 68 valence electrons. The van der Waals surface area contributed by atoms with Crippen LogP contribution in [0.5, 0.6) is 0 Å². The average Bonchev–Trinajstić information content (AvgIpc) is 2.08. The summed E-state index contributed by atoms with van der Waals surface area (Å²) in [7, 11) is 0. The SMILES string of the molecule is CCCCN.Nc1cccnc1. The molecule has 0 amide bonds. The van der Waals surface area contributed by atoms with Gasteiger partial charge in [0.15, 0.2) is 0 Å². The number of anilines is 1. The largest absolute Gasteiger partial charge is 0.397 e. The predicted octanol–water partition coefficient (Wildman–Crippen LogP) is 1.41. The highest BCUT2D eigenvalue weighted by Crippen LogP contribution is 1.92. The van der Waals surface area contributed by atoms with Crippen LogP contribution in [0.3, 0.4) is 0 Å². The lowest BCUT2D eigenvalue weighted by atomic mass is 10.3. The zero-order valence-electron chi connectivity index (χ0n) is 7.53. The molecule has 3 heteroatoms. The van der Waals surface area contributed by atoms with E-state index in [1.807, 2.05) is 0 Å². The van der Waals surface area contributed by atoms with Gasteiger partial charge in [0.1, 0.15) is 0 Å². The van der Waals surface area contributed by atoms with Gasteiger partial charge in [-0.05, 0) is 25.1 Å². The maximum Gasteiger partial charge on any atom is 0.0500 e. The van der Waals surface area contributed by atoms with Gasteiger partial charge >= 0.3 is 0 Å². The Kier molecular flexibility index (Phi) is 7.28. The average molecular weight is 167 g/mol. The van der Waals surface area contributed by atoms with Gasteiger partial charge in [-0.25, -0.2) is 0 Å². The number of aromatic nitrogens is 1. The predicted molar refractivity (Wildman–Crippen MR) is 52.6 cm³/mol. The van der Waals surface area contributed by atoms with E-state index in [2.05, 4.69) is 11.9 Å². The molecule has 0 atom stereocenters. The van der Waals surface area contributed by atoms with E-state index in [1.165, 1.54) is 12.8 Å². The normalized spacial score (nSPS) is 8.50. The third kappa shape index (κ3) is 7.02. The van der Waals surface area contributed by atoms with Crippen molar-refractivity contribution in [2.75, 3.05) is 12.3 Å². The van der Waals surface area contributed by atoms with Crippen LogP contribution in [0.25, 0.3) is 0 Å². The second-order valence-corrected chi connectivity index (χ2v) is 2.43. The highest BCUT2D eigenvalue weighted by molar-refractivity contribution is 5.32. The molecule has 4 N–H and O–H groups in total. The molecule has 3 nitrogen and oxygen atoms in total. The van der Waals surface area contributed by atoms with Crippen LogP contribution < -0.4 is 11.5 Å². The van der Waals surface area contributed by atoms with E-state index >= 15 is 0 Å². The molecule has 0 saturated carbocycles. The topological polar surface area (TPSA) is 64.9 Å². The second-order valence-electron chi connectivity index (χ2n) is 2.43. The van der Waals surface area contributed by atoms with Crippen molar-refractivity contribution in [2.45, 2.75) is 19.8 Å². The fourth-order valence-corrected chi connectivity index (χ4v) is 0.580. The highest BCUT2D eigenvalue weighted by Gasteiger charge is 1.73.